The van der Waals surface area contributed by atoms with Gasteiger partial charge in [-0.1, -0.05) is 56.2 Å². The summed E-state index contributed by atoms with van der Waals surface area (Å²) in [7, 11) is 0. The molecule has 0 bridgehead atoms. The minimum absolute atomic E-state index is 0.00443. The summed E-state index contributed by atoms with van der Waals surface area (Å²) in [5, 5.41) is 0. The summed E-state index contributed by atoms with van der Waals surface area (Å²) in [6, 6.07) is 10.3. The topological polar surface area (TPSA) is 57.2 Å². The van der Waals surface area contributed by atoms with Crippen LogP contribution < -0.4 is 0 Å². The smallest absolute Gasteiger partial charge is 0.229 e. The van der Waals surface area contributed by atoms with Crippen molar-refractivity contribution in [3.8, 4) is 0 Å². The first-order chi connectivity index (χ1) is 18.6. The van der Waals surface area contributed by atoms with E-state index in [-0.39, 0.29) is 46.8 Å². The van der Waals surface area contributed by atoms with Gasteiger partial charge in [0.05, 0.1) is 29.2 Å². The second-order valence-electron chi connectivity index (χ2n) is 12.1. The second-order valence-corrected chi connectivity index (χ2v) is 14.9. The molecule has 1 amide bonds. The Morgan fingerprint density at radius 1 is 1.08 bits per heavy atom. The number of hydrogen-bond donors (Lipinski definition) is 0. The van der Waals surface area contributed by atoms with E-state index in [2.05, 4.69) is 49.1 Å². The van der Waals surface area contributed by atoms with Crippen molar-refractivity contribution in [3.63, 3.8) is 0 Å². The molecule has 0 N–H and O–H groups in total. The summed E-state index contributed by atoms with van der Waals surface area (Å²) >= 11 is 3.92. The summed E-state index contributed by atoms with van der Waals surface area (Å²) in [6.07, 6.45) is 5.61. The monoisotopic (exact) mass is 575 g/mol. The summed E-state index contributed by atoms with van der Waals surface area (Å²) in [5.74, 6) is 1.01. The van der Waals surface area contributed by atoms with E-state index in [4.69, 9.17) is 18.9 Å². The van der Waals surface area contributed by atoms with Gasteiger partial charge in [0, 0.05) is 0 Å². The SMILES string of the molecule is CCCC[C@@H]1C(=O)N([C@@H](C2SCCCS2)[C@H]2OC(C)(C)O[C@@H]2[C@H]2COC(C)(C)O2)[C@@H]1/C(C)=C\c1ccccc1. The van der Waals surface area contributed by atoms with Crippen molar-refractivity contribution in [2.45, 2.75) is 114 Å². The summed E-state index contributed by atoms with van der Waals surface area (Å²) in [4.78, 5) is 16.3. The van der Waals surface area contributed by atoms with E-state index in [0.717, 1.165) is 30.8 Å². The fourth-order valence-electron chi connectivity index (χ4n) is 6.44. The van der Waals surface area contributed by atoms with Gasteiger partial charge < -0.3 is 23.8 Å². The first-order valence-corrected chi connectivity index (χ1v) is 16.7. The molecule has 0 spiro atoms. The minimum atomic E-state index is -0.770. The molecule has 1 aromatic rings. The van der Waals surface area contributed by atoms with E-state index >= 15 is 0 Å². The molecule has 5 rings (SSSR count). The van der Waals surface area contributed by atoms with Gasteiger partial charge in [-0.05, 0) is 70.1 Å². The van der Waals surface area contributed by atoms with Gasteiger partial charge in [-0.25, -0.2) is 0 Å². The number of carbonyl (C=O) groups is 1. The van der Waals surface area contributed by atoms with Crippen LogP contribution in [0.3, 0.4) is 0 Å². The molecule has 0 aromatic heterocycles. The number of thioether (sulfide) groups is 2. The third kappa shape index (κ3) is 6.41. The number of nitrogens with zero attached hydrogens (tertiary/aromatic N) is 1. The number of carbonyl (C=O) groups excluding carboxylic acids is 1. The van der Waals surface area contributed by atoms with E-state index in [0.29, 0.717) is 6.61 Å². The Morgan fingerprint density at radius 3 is 2.44 bits per heavy atom. The highest BCUT2D eigenvalue weighted by atomic mass is 32.2. The Labute approximate surface area is 242 Å². The van der Waals surface area contributed by atoms with Crippen LogP contribution in [0.1, 0.15) is 72.8 Å². The quantitative estimate of drug-likeness (QED) is 0.318. The molecule has 0 radical (unpaired) electrons. The van der Waals surface area contributed by atoms with Gasteiger partial charge in [-0.3, -0.25) is 4.79 Å². The zero-order valence-electron chi connectivity index (χ0n) is 24.3. The second kappa shape index (κ2) is 12.1. The molecular weight excluding hydrogens is 530 g/mol. The van der Waals surface area contributed by atoms with Gasteiger partial charge in [0.25, 0.3) is 0 Å². The van der Waals surface area contributed by atoms with Crippen LogP contribution in [0.4, 0.5) is 0 Å². The number of benzene rings is 1. The normalized spacial score (nSPS) is 33.8. The average Bonchev–Trinajstić information content (AvgIpc) is 3.43. The predicted molar refractivity (Wildman–Crippen MR) is 160 cm³/mol. The Kier molecular flexibility index (Phi) is 9.11. The van der Waals surface area contributed by atoms with Gasteiger partial charge in [-0.15, -0.1) is 23.5 Å². The maximum absolute atomic E-state index is 14.1. The van der Waals surface area contributed by atoms with Crippen molar-refractivity contribution in [2.75, 3.05) is 18.1 Å². The number of likely N-dealkylation sites (tertiary alicyclic amines) is 1. The molecule has 4 fully saturated rings. The molecular formula is C31H45NO5S2. The van der Waals surface area contributed by atoms with Crippen molar-refractivity contribution in [2.24, 2.45) is 5.92 Å². The predicted octanol–water partition coefficient (Wildman–Crippen LogP) is 6.34. The summed E-state index contributed by atoms with van der Waals surface area (Å²) in [6.45, 7) is 12.7. The van der Waals surface area contributed by atoms with Crippen LogP contribution in [0, 0.1) is 5.92 Å². The first kappa shape index (κ1) is 29.5. The molecule has 39 heavy (non-hydrogen) atoms. The Bertz CT molecular complexity index is 1030. The third-order valence-corrected chi connectivity index (χ3v) is 11.2. The van der Waals surface area contributed by atoms with E-state index < -0.39 is 11.6 Å². The molecule has 1 aromatic carbocycles. The zero-order chi connectivity index (χ0) is 27.8. The Balaban J connectivity index is 1.52. The zero-order valence-corrected chi connectivity index (χ0v) is 25.9. The van der Waals surface area contributed by atoms with Gasteiger partial charge >= 0.3 is 0 Å². The lowest BCUT2D eigenvalue weighted by Gasteiger charge is -2.55. The van der Waals surface area contributed by atoms with E-state index in [1.807, 2.05) is 57.3 Å². The van der Waals surface area contributed by atoms with Crippen LogP contribution in [0.25, 0.3) is 6.08 Å². The molecule has 4 aliphatic rings. The van der Waals surface area contributed by atoms with Crippen molar-refractivity contribution in [1.82, 2.24) is 4.90 Å². The number of rotatable bonds is 9. The number of amides is 1. The number of unbranched alkanes of at least 4 members (excludes halogenated alkanes) is 1. The number of hydrogen-bond acceptors (Lipinski definition) is 7. The first-order valence-electron chi connectivity index (χ1n) is 14.6. The van der Waals surface area contributed by atoms with Crippen LogP contribution in [0.15, 0.2) is 35.9 Å². The van der Waals surface area contributed by atoms with Crippen molar-refractivity contribution < 1.29 is 23.7 Å². The average molecular weight is 576 g/mol. The van der Waals surface area contributed by atoms with Crippen LogP contribution >= 0.6 is 23.5 Å². The molecule has 4 saturated heterocycles. The number of ether oxygens (including phenoxy) is 4. The van der Waals surface area contributed by atoms with Crippen LogP contribution in [-0.2, 0) is 23.7 Å². The van der Waals surface area contributed by atoms with Crippen LogP contribution in [0.5, 0.6) is 0 Å². The molecule has 216 valence electrons. The van der Waals surface area contributed by atoms with Gasteiger partial charge in [0.15, 0.2) is 11.6 Å². The van der Waals surface area contributed by atoms with Crippen molar-refractivity contribution in [3.05, 3.63) is 41.5 Å². The molecule has 0 saturated carbocycles. The largest absolute Gasteiger partial charge is 0.348 e. The Morgan fingerprint density at radius 2 is 1.79 bits per heavy atom. The maximum atomic E-state index is 14.1. The van der Waals surface area contributed by atoms with E-state index in [1.54, 1.807) is 0 Å². The highest BCUT2D eigenvalue weighted by Crippen LogP contribution is 2.48. The highest BCUT2D eigenvalue weighted by molar-refractivity contribution is 8.17. The highest BCUT2D eigenvalue weighted by Gasteiger charge is 2.60. The molecule has 6 nitrogen and oxygen atoms in total. The Hall–Kier alpha value is -1.03. The van der Waals surface area contributed by atoms with Crippen LogP contribution in [-0.4, -0.2) is 75.5 Å². The maximum Gasteiger partial charge on any atom is 0.229 e. The van der Waals surface area contributed by atoms with E-state index in [9.17, 15) is 4.79 Å². The molecule has 0 aliphatic carbocycles. The molecule has 8 heteroatoms. The molecule has 4 aliphatic heterocycles. The van der Waals surface area contributed by atoms with Gasteiger partial charge in [-0.2, -0.15) is 0 Å². The lowest BCUT2D eigenvalue weighted by molar-refractivity contribution is -0.176. The summed E-state index contributed by atoms with van der Waals surface area (Å²) < 4.78 is 25.8. The lowest BCUT2D eigenvalue weighted by atomic mass is 9.77. The fourth-order valence-corrected chi connectivity index (χ4v) is 9.64. The summed E-state index contributed by atoms with van der Waals surface area (Å²) in [5.41, 5.74) is 2.40. The van der Waals surface area contributed by atoms with Gasteiger partial charge in [0.2, 0.25) is 5.91 Å². The lowest BCUT2D eigenvalue weighted by Crippen LogP contribution is -2.70. The minimum Gasteiger partial charge on any atom is -0.348 e. The van der Waals surface area contributed by atoms with Crippen molar-refractivity contribution in [1.29, 1.82) is 0 Å². The van der Waals surface area contributed by atoms with Crippen molar-refractivity contribution >= 4 is 35.5 Å². The third-order valence-electron chi connectivity index (χ3n) is 8.13. The van der Waals surface area contributed by atoms with E-state index in [1.165, 1.54) is 17.6 Å². The molecule has 0 unspecified atom stereocenters. The van der Waals surface area contributed by atoms with Crippen LogP contribution in [0.2, 0.25) is 0 Å². The molecule has 4 heterocycles. The number of β-lactam (4-membered cyclic amide) rings is 1. The fraction of sp³-hybridized carbons (Fsp3) is 0.710. The molecule has 6 atom stereocenters. The van der Waals surface area contributed by atoms with Gasteiger partial charge in [0.1, 0.15) is 18.3 Å². The standard InChI is InChI=1S/C31H45NO5S2/c1-7-8-15-22-24(20(2)18-21-13-10-9-11-14-21)32(28(22)33)25(29-38-16-12-17-39-29)27-26(36-31(5,6)37-27)23-19-34-30(3,4)35-23/h9-11,13-14,18,22-27,29H,7-8,12,15-17,19H2,1-6H3/b20-18-/t22-,23+,24+,25+,26+,27+/m0/s1.